The number of hydrogen-bond donors (Lipinski definition) is 1. The van der Waals surface area contributed by atoms with Crippen molar-refractivity contribution in [1.29, 1.82) is 0 Å². The Morgan fingerprint density at radius 1 is 1.13 bits per heavy atom. The number of carbonyl (C=O) groups excluding carboxylic acids is 1. The zero-order valence-electron chi connectivity index (χ0n) is 12.2. The number of anilines is 1. The highest BCUT2D eigenvalue weighted by Crippen LogP contribution is 2.34. The van der Waals surface area contributed by atoms with Gasteiger partial charge in [0, 0.05) is 11.3 Å². The fourth-order valence-electron chi connectivity index (χ4n) is 2.02. The molecule has 0 saturated carbocycles. The zero-order chi connectivity index (χ0) is 16.2. The third kappa shape index (κ3) is 3.60. The van der Waals surface area contributed by atoms with Gasteiger partial charge >= 0.3 is 0 Å². The summed E-state index contributed by atoms with van der Waals surface area (Å²) in [5.41, 5.74) is 1.91. The van der Waals surface area contributed by atoms with Crippen molar-refractivity contribution in [2.75, 3.05) is 11.6 Å². The topological polar surface area (TPSA) is 42.0 Å². The number of thioether (sulfide) groups is 1. The molecule has 0 fully saturated rings. The lowest BCUT2D eigenvalue weighted by Crippen LogP contribution is -2.13. The number of nitrogens with zero attached hydrogens (tertiary/aromatic N) is 1. The quantitative estimate of drug-likeness (QED) is 0.683. The van der Waals surface area contributed by atoms with Crippen LogP contribution in [0, 0.1) is 5.82 Å². The molecular formula is C17H13FN2OS2. The van der Waals surface area contributed by atoms with Gasteiger partial charge in [0.05, 0.1) is 4.21 Å². The number of halogens is 1. The van der Waals surface area contributed by atoms with Gasteiger partial charge in [-0.15, -0.1) is 23.1 Å². The summed E-state index contributed by atoms with van der Waals surface area (Å²) >= 11 is 2.97. The lowest BCUT2D eigenvalue weighted by molar-refractivity contribution is 0.102. The Hall–Kier alpha value is -2.18. The molecule has 3 nitrogen and oxygen atoms in total. The molecule has 0 aliphatic carbocycles. The molecule has 3 aromatic rings. The molecule has 2 aromatic carbocycles. The molecule has 1 amide bonds. The van der Waals surface area contributed by atoms with Crippen molar-refractivity contribution in [2.45, 2.75) is 4.21 Å². The van der Waals surface area contributed by atoms with E-state index in [2.05, 4.69) is 10.3 Å². The van der Waals surface area contributed by atoms with E-state index in [4.69, 9.17) is 0 Å². The first-order valence-corrected chi connectivity index (χ1v) is 8.88. The Labute approximate surface area is 141 Å². The average molecular weight is 344 g/mol. The van der Waals surface area contributed by atoms with Gasteiger partial charge in [-0.25, -0.2) is 9.37 Å². The maximum Gasteiger partial charge on any atom is 0.276 e. The summed E-state index contributed by atoms with van der Waals surface area (Å²) in [4.78, 5) is 16.9. The zero-order valence-corrected chi connectivity index (χ0v) is 13.9. The van der Waals surface area contributed by atoms with Crippen molar-refractivity contribution < 1.29 is 9.18 Å². The van der Waals surface area contributed by atoms with E-state index < -0.39 is 0 Å². The third-order valence-electron chi connectivity index (χ3n) is 3.12. The van der Waals surface area contributed by atoms with Crippen LogP contribution < -0.4 is 5.32 Å². The number of hydrogen-bond acceptors (Lipinski definition) is 4. The molecule has 0 unspecified atom stereocenters. The molecule has 1 heterocycles. The van der Waals surface area contributed by atoms with Crippen LogP contribution >= 0.6 is 23.1 Å². The van der Waals surface area contributed by atoms with Crippen LogP contribution in [-0.2, 0) is 0 Å². The van der Waals surface area contributed by atoms with Gasteiger partial charge in [-0.1, -0.05) is 30.3 Å². The molecule has 6 heteroatoms. The monoisotopic (exact) mass is 344 g/mol. The third-order valence-corrected chi connectivity index (χ3v) is 5.33. The average Bonchev–Trinajstić information content (AvgIpc) is 3.02. The molecular weight excluding hydrogens is 331 g/mol. The first-order valence-electron chi connectivity index (χ1n) is 6.84. The highest BCUT2D eigenvalue weighted by atomic mass is 32.2. The van der Waals surface area contributed by atoms with Crippen LogP contribution in [0.2, 0.25) is 0 Å². The maximum atomic E-state index is 12.9. The summed E-state index contributed by atoms with van der Waals surface area (Å²) in [6, 6.07) is 15.4. The number of benzene rings is 2. The summed E-state index contributed by atoms with van der Waals surface area (Å²) in [7, 11) is 0. The van der Waals surface area contributed by atoms with Crippen LogP contribution in [0.5, 0.6) is 0 Å². The van der Waals surface area contributed by atoms with E-state index in [9.17, 15) is 9.18 Å². The molecule has 0 bridgehead atoms. The van der Waals surface area contributed by atoms with Crippen molar-refractivity contribution in [1.82, 2.24) is 4.98 Å². The van der Waals surface area contributed by atoms with Gasteiger partial charge in [-0.05, 0) is 30.5 Å². The Morgan fingerprint density at radius 3 is 2.48 bits per heavy atom. The first kappa shape index (κ1) is 15.7. The Morgan fingerprint density at radius 2 is 1.83 bits per heavy atom. The predicted octanol–water partition coefficient (Wildman–Crippen LogP) is 4.92. The summed E-state index contributed by atoms with van der Waals surface area (Å²) < 4.78 is 13.8. The second-order valence-electron chi connectivity index (χ2n) is 4.69. The van der Waals surface area contributed by atoms with Crippen LogP contribution in [0.25, 0.3) is 10.6 Å². The van der Waals surface area contributed by atoms with Gasteiger partial charge in [0.2, 0.25) is 0 Å². The standard InChI is InChI=1S/C17H13FN2OS2/c1-22-17-14(15(21)19-13-9-7-12(18)8-10-13)20-16(23-17)11-5-3-2-4-6-11/h2-10H,1H3,(H,19,21). The van der Waals surface area contributed by atoms with Gasteiger partial charge < -0.3 is 5.32 Å². The van der Waals surface area contributed by atoms with Gasteiger partial charge in [0.1, 0.15) is 10.8 Å². The van der Waals surface area contributed by atoms with Gasteiger partial charge in [0.25, 0.3) is 5.91 Å². The van der Waals surface area contributed by atoms with E-state index in [0.29, 0.717) is 11.4 Å². The predicted molar refractivity (Wildman–Crippen MR) is 93.7 cm³/mol. The minimum atomic E-state index is -0.340. The second kappa shape index (κ2) is 6.93. The minimum absolute atomic E-state index is 0.292. The maximum absolute atomic E-state index is 12.9. The SMILES string of the molecule is CSc1sc(-c2ccccc2)nc1C(=O)Nc1ccc(F)cc1. The van der Waals surface area contributed by atoms with Crippen LogP contribution in [-0.4, -0.2) is 17.1 Å². The highest BCUT2D eigenvalue weighted by Gasteiger charge is 2.18. The molecule has 3 rings (SSSR count). The van der Waals surface area contributed by atoms with E-state index in [1.54, 1.807) is 0 Å². The van der Waals surface area contributed by atoms with Crippen molar-refractivity contribution >= 4 is 34.7 Å². The normalized spacial score (nSPS) is 10.5. The van der Waals surface area contributed by atoms with Crippen LogP contribution in [0.3, 0.4) is 0 Å². The molecule has 0 aliphatic rings. The number of amides is 1. The van der Waals surface area contributed by atoms with E-state index in [0.717, 1.165) is 14.8 Å². The molecule has 23 heavy (non-hydrogen) atoms. The van der Waals surface area contributed by atoms with Crippen molar-refractivity contribution in [3.63, 3.8) is 0 Å². The van der Waals surface area contributed by atoms with E-state index in [1.807, 2.05) is 36.6 Å². The summed E-state index contributed by atoms with van der Waals surface area (Å²) in [5.74, 6) is -0.632. The Kier molecular flexibility index (Phi) is 4.73. The van der Waals surface area contributed by atoms with Gasteiger partial charge in [0.15, 0.2) is 5.69 Å². The lowest BCUT2D eigenvalue weighted by Gasteiger charge is -2.04. The van der Waals surface area contributed by atoms with Crippen LogP contribution in [0.1, 0.15) is 10.5 Å². The molecule has 1 aromatic heterocycles. The van der Waals surface area contributed by atoms with Gasteiger partial charge in [-0.2, -0.15) is 0 Å². The fourth-order valence-corrected chi connectivity index (χ4v) is 3.72. The van der Waals surface area contributed by atoms with E-state index in [-0.39, 0.29) is 11.7 Å². The number of thiazole rings is 1. The second-order valence-corrected chi connectivity index (χ2v) is 6.76. The Bertz CT molecular complexity index is 816. The van der Waals surface area contributed by atoms with Crippen molar-refractivity contribution in [3.05, 3.63) is 66.1 Å². The van der Waals surface area contributed by atoms with E-state index in [1.165, 1.54) is 47.4 Å². The molecule has 0 radical (unpaired) electrons. The Balaban J connectivity index is 1.88. The molecule has 0 saturated heterocycles. The number of rotatable bonds is 4. The van der Waals surface area contributed by atoms with E-state index >= 15 is 0 Å². The molecule has 1 N–H and O–H groups in total. The minimum Gasteiger partial charge on any atom is -0.321 e. The van der Waals surface area contributed by atoms with Crippen molar-refractivity contribution in [3.8, 4) is 10.6 Å². The molecule has 0 atom stereocenters. The largest absolute Gasteiger partial charge is 0.321 e. The molecule has 0 spiro atoms. The number of carbonyl (C=O) groups is 1. The molecule has 116 valence electrons. The smallest absolute Gasteiger partial charge is 0.276 e. The lowest BCUT2D eigenvalue weighted by atomic mass is 10.2. The summed E-state index contributed by atoms with van der Waals surface area (Å²) in [5, 5.41) is 3.55. The van der Waals surface area contributed by atoms with Crippen LogP contribution in [0.15, 0.2) is 58.8 Å². The van der Waals surface area contributed by atoms with Crippen LogP contribution in [0.4, 0.5) is 10.1 Å². The number of nitrogens with one attached hydrogen (secondary N) is 1. The molecule has 0 aliphatic heterocycles. The summed E-state index contributed by atoms with van der Waals surface area (Å²) in [6.45, 7) is 0. The fraction of sp³-hybridized carbons (Fsp3) is 0.0588. The summed E-state index contributed by atoms with van der Waals surface area (Å²) in [6.07, 6.45) is 1.91. The van der Waals surface area contributed by atoms with Crippen molar-refractivity contribution in [2.24, 2.45) is 0 Å². The highest BCUT2D eigenvalue weighted by molar-refractivity contribution is 8.00. The number of aromatic nitrogens is 1. The first-order chi connectivity index (χ1) is 11.2. The van der Waals surface area contributed by atoms with Gasteiger partial charge in [-0.3, -0.25) is 4.79 Å².